The molecule has 1 amide bonds. The summed E-state index contributed by atoms with van der Waals surface area (Å²) in [6, 6.07) is 15.7. The van der Waals surface area contributed by atoms with E-state index in [0.717, 1.165) is 5.56 Å². The molecule has 2 aromatic rings. The maximum Gasteiger partial charge on any atom is 0.344 e. The van der Waals surface area contributed by atoms with Gasteiger partial charge in [-0.3, -0.25) is 4.79 Å². The summed E-state index contributed by atoms with van der Waals surface area (Å²) in [6.07, 6.45) is 0.183. The Kier molecular flexibility index (Phi) is 6.71. The van der Waals surface area contributed by atoms with E-state index in [1.165, 1.54) is 6.07 Å². The molecule has 0 fully saturated rings. The average Bonchev–Trinajstić information content (AvgIpc) is 2.59. The molecule has 0 aromatic heterocycles. The fourth-order valence-electron chi connectivity index (χ4n) is 2.32. The highest BCUT2D eigenvalue weighted by Crippen LogP contribution is 2.17. The van der Waals surface area contributed by atoms with Crippen LogP contribution in [0, 0.1) is 0 Å². The zero-order valence-corrected chi connectivity index (χ0v) is 15.7. The van der Waals surface area contributed by atoms with Crippen LogP contribution in [0.1, 0.15) is 36.7 Å². The maximum atomic E-state index is 12.3. The van der Waals surface area contributed by atoms with Gasteiger partial charge < -0.3 is 14.8 Å². The minimum absolute atomic E-state index is 0.169. The molecule has 0 spiro atoms. The number of esters is 2. The third-order valence-corrected chi connectivity index (χ3v) is 3.37. The molecule has 0 aliphatic carbocycles. The van der Waals surface area contributed by atoms with Gasteiger partial charge in [-0.15, -0.1) is 0 Å². The second-order valence-electron chi connectivity index (χ2n) is 6.92. The minimum atomic E-state index is -0.712. The number of amides is 1. The molecule has 142 valence electrons. The molecule has 2 aromatic carbocycles. The SMILES string of the molecule is CC(C)(C)OC(=O)COC(=O)c1ccccc1NC(=O)Cc1ccccc1. The van der Waals surface area contributed by atoms with E-state index in [1.54, 1.807) is 39.0 Å². The minimum Gasteiger partial charge on any atom is -0.457 e. The van der Waals surface area contributed by atoms with Gasteiger partial charge in [-0.2, -0.15) is 0 Å². The van der Waals surface area contributed by atoms with Crippen LogP contribution in [-0.4, -0.2) is 30.1 Å². The normalized spacial score (nSPS) is 10.8. The van der Waals surface area contributed by atoms with Gasteiger partial charge in [0.15, 0.2) is 6.61 Å². The lowest BCUT2D eigenvalue weighted by Gasteiger charge is -2.19. The van der Waals surface area contributed by atoms with Crippen LogP contribution in [0.15, 0.2) is 54.6 Å². The fourth-order valence-corrected chi connectivity index (χ4v) is 2.32. The molecule has 0 atom stereocenters. The summed E-state index contributed by atoms with van der Waals surface area (Å²) < 4.78 is 10.1. The van der Waals surface area contributed by atoms with Crippen molar-refractivity contribution in [2.24, 2.45) is 0 Å². The number of hydrogen-bond donors (Lipinski definition) is 1. The number of ether oxygens (including phenoxy) is 2. The summed E-state index contributed by atoms with van der Waals surface area (Å²) in [5.74, 6) is -1.61. The Labute approximate surface area is 158 Å². The quantitative estimate of drug-likeness (QED) is 0.790. The summed E-state index contributed by atoms with van der Waals surface area (Å²) in [5.41, 5.74) is 0.697. The molecule has 0 radical (unpaired) electrons. The number of para-hydroxylation sites is 1. The van der Waals surface area contributed by atoms with Crippen LogP contribution in [0.5, 0.6) is 0 Å². The lowest BCUT2D eigenvalue weighted by molar-refractivity contribution is -0.158. The number of hydrogen-bond acceptors (Lipinski definition) is 5. The van der Waals surface area contributed by atoms with Crippen molar-refractivity contribution in [2.45, 2.75) is 32.8 Å². The molecule has 6 nitrogen and oxygen atoms in total. The van der Waals surface area contributed by atoms with Crippen LogP contribution in [0.2, 0.25) is 0 Å². The lowest BCUT2D eigenvalue weighted by atomic mass is 10.1. The number of rotatable bonds is 6. The first-order valence-corrected chi connectivity index (χ1v) is 8.56. The predicted molar refractivity (Wildman–Crippen MR) is 101 cm³/mol. The Balaban J connectivity index is 1.99. The monoisotopic (exact) mass is 369 g/mol. The van der Waals surface area contributed by atoms with Crippen molar-refractivity contribution in [3.8, 4) is 0 Å². The molecule has 6 heteroatoms. The largest absolute Gasteiger partial charge is 0.457 e. The summed E-state index contributed by atoms with van der Waals surface area (Å²) in [6.45, 7) is 4.68. The Morgan fingerprint density at radius 2 is 1.56 bits per heavy atom. The third-order valence-electron chi connectivity index (χ3n) is 3.37. The Bertz CT molecular complexity index is 809. The van der Waals surface area contributed by atoms with Crippen LogP contribution in [0.25, 0.3) is 0 Å². The number of nitrogens with one attached hydrogen (secondary N) is 1. The molecule has 1 N–H and O–H groups in total. The van der Waals surface area contributed by atoms with Gasteiger partial charge in [0.1, 0.15) is 5.60 Å². The Morgan fingerprint density at radius 3 is 2.22 bits per heavy atom. The molecule has 0 aliphatic heterocycles. The van der Waals surface area contributed by atoms with Gasteiger partial charge in [0.05, 0.1) is 17.7 Å². The molecule has 27 heavy (non-hydrogen) atoms. The molecule has 0 heterocycles. The fraction of sp³-hybridized carbons (Fsp3) is 0.286. The standard InChI is InChI=1S/C21H23NO5/c1-21(2,3)27-19(24)14-26-20(25)16-11-7-8-12-17(16)22-18(23)13-15-9-5-4-6-10-15/h4-12H,13-14H2,1-3H3,(H,22,23). The molecule has 0 aliphatic rings. The maximum absolute atomic E-state index is 12.3. The van der Waals surface area contributed by atoms with Crippen molar-refractivity contribution >= 4 is 23.5 Å². The number of benzene rings is 2. The van der Waals surface area contributed by atoms with Gasteiger partial charge in [-0.1, -0.05) is 42.5 Å². The van der Waals surface area contributed by atoms with Gasteiger partial charge in [-0.25, -0.2) is 9.59 Å². The van der Waals surface area contributed by atoms with Gasteiger partial charge >= 0.3 is 11.9 Å². The number of carbonyl (C=O) groups excluding carboxylic acids is 3. The Morgan fingerprint density at radius 1 is 0.926 bits per heavy atom. The van der Waals surface area contributed by atoms with Crippen LogP contribution >= 0.6 is 0 Å². The van der Waals surface area contributed by atoms with Gasteiger partial charge in [0, 0.05) is 0 Å². The molecule has 0 bridgehead atoms. The zero-order chi connectivity index (χ0) is 19.9. The lowest BCUT2D eigenvalue weighted by Crippen LogP contribution is -2.27. The van der Waals surface area contributed by atoms with Crippen molar-refractivity contribution < 1.29 is 23.9 Å². The second-order valence-corrected chi connectivity index (χ2v) is 6.92. The van der Waals surface area contributed by atoms with Crippen molar-refractivity contribution in [3.05, 3.63) is 65.7 Å². The first-order valence-electron chi connectivity index (χ1n) is 8.56. The molecule has 0 saturated carbocycles. The van der Waals surface area contributed by atoms with E-state index >= 15 is 0 Å². The van der Waals surface area contributed by atoms with Gasteiger partial charge in [0.25, 0.3) is 0 Å². The summed E-state index contributed by atoms with van der Waals surface area (Å²) in [4.78, 5) is 36.2. The summed E-state index contributed by atoms with van der Waals surface area (Å²) >= 11 is 0. The average molecular weight is 369 g/mol. The topological polar surface area (TPSA) is 81.7 Å². The van der Waals surface area contributed by atoms with Crippen molar-refractivity contribution in [3.63, 3.8) is 0 Å². The van der Waals surface area contributed by atoms with E-state index in [4.69, 9.17) is 9.47 Å². The van der Waals surface area contributed by atoms with E-state index in [2.05, 4.69) is 5.32 Å². The second kappa shape index (κ2) is 8.98. The zero-order valence-electron chi connectivity index (χ0n) is 15.7. The highest BCUT2D eigenvalue weighted by atomic mass is 16.6. The van der Waals surface area contributed by atoms with E-state index in [-0.39, 0.29) is 17.9 Å². The summed E-state index contributed by atoms with van der Waals surface area (Å²) in [5, 5.41) is 2.71. The highest BCUT2D eigenvalue weighted by molar-refractivity contribution is 6.02. The van der Waals surface area contributed by atoms with Gasteiger partial charge in [-0.05, 0) is 38.5 Å². The molecular formula is C21H23NO5. The number of anilines is 1. The predicted octanol–water partition coefficient (Wildman–Crippen LogP) is 3.37. The first kappa shape index (κ1) is 20.2. The van der Waals surface area contributed by atoms with Gasteiger partial charge in [0.2, 0.25) is 5.91 Å². The highest BCUT2D eigenvalue weighted by Gasteiger charge is 2.20. The summed E-state index contributed by atoms with van der Waals surface area (Å²) in [7, 11) is 0. The number of carbonyl (C=O) groups is 3. The smallest absolute Gasteiger partial charge is 0.344 e. The van der Waals surface area contributed by atoms with E-state index in [1.807, 2.05) is 30.3 Å². The first-order chi connectivity index (χ1) is 12.7. The van der Waals surface area contributed by atoms with Crippen LogP contribution in [0.4, 0.5) is 5.69 Å². The third kappa shape index (κ3) is 6.93. The van der Waals surface area contributed by atoms with Crippen molar-refractivity contribution in [2.75, 3.05) is 11.9 Å². The van der Waals surface area contributed by atoms with E-state index in [0.29, 0.717) is 5.69 Å². The molecule has 0 saturated heterocycles. The van der Waals surface area contributed by atoms with E-state index in [9.17, 15) is 14.4 Å². The molecular weight excluding hydrogens is 346 g/mol. The van der Waals surface area contributed by atoms with Crippen LogP contribution in [-0.2, 0) is 25.5 Å². The van der Waals surface area contributed by atoms with E-state index < -0.39 is 24.1 Å². The molecule has 0 unspecified atom stereocenters. The van der Waals surface area contributed by atoms with Crippen molar-refractivity contribution in [1.82, 2.24) is 0 Å². The van der Waals surface area contributed by atoms with Crippen LogP contribution < -0.4 is 5.32 Å². The van der Waals surface area contributed by atoms with Crippen LogP contribution in [0.3, 0.4) is 0 Å². The Hall–Kier alpha value is -3.15. The molecule has 2 rings (SSSR count). The van der Waals surface area contributed by atoms with Crippen molar-refractivity contribution in [1.29, 1.82) is 0 Å².